The molecule has 3 rings (SSSR count). The molecule has 2 aliphatic heterocycles. The maximum atomic E-state index is 13.7. The first-order valence-electron chi connectivity index (χ1n) is 10.00. The highest BCUT2D eigenvalue weighted by atomic mass is 79.9. The fourth-order valence-electron chi connectivity index (χ4n) is 3.50. The Hall–Kier alpha value is -1.09. The molecule has 4 atom stereocenters. The number of hydroxylamine groups is 2. The molecule has 0 radical (unpaired) electrons. The molecule has 0 amide bonds. The predicted molar refractivity (Wildman–Crippen MR) is 115 cm³/mol. The Balaban J connectivity index is 1.69. The van der Waals surface area contributed by atoms with Gasteiger partial charge < -0.3 is 14.7 Å². The molecule has 4 unspecified atom stereocenters. The van der Waals surface area contributed by atoms with Crippen molar-refractivity contribution in [1.82, 2.24) is 19.7 Å². The number of ether oxygens (including phenoxy) is 2. The molecular weight excluding hydrogens is 460 g/mol. The third-order valence-electron chi connectivity index (χ3n) is 5.18. The number of alkyl halides is 1. The molecule has 1 aromatic heterocycles. The average Bonchev–Trinajstić information content (AvgIpc) is 3.44. The van der Waals surface area contributed by atoms with Crippen LogP contribution in [-0.2, 0) is 20.7 Å². The quantitative estimate of drug-likeness (QED) is 0.174. The summed E-state index contributed by atoms with van der Waals surface area (Å²) in [6.07, 6.45) is 9.20. The van der Waals surface area contributed by atoms with E-state index in [1.54, 1.807) is 4.90 Å². The lowest BCUT2D eigenvalue weighted by Gasteiger charge is -2.38. The normalized spacial score (nSPS) is 28.3. The maximum Gasteiger partial charge on any atom is 0.339 e. The fourth-order valence-corrected chi connectivity index (χ4v) is 4.77. The molecule has 2 saturated heterocycles. The van der Waals surface area contributed by atoms with E-state index in [1.165, 1.54) is 11.3 Å². The number of aromatic nitrogens is 2. The van der Waals surface area contributed by atoms with Gasteiger partial charge in [-0.3, -0.25) is 4.65 Å². The molecule has 0 aromatic carbocycles. The van der Waals surface area contributed by atoms with E-state index >= 15 is 0 Å². The first kappa shape index (κ1) is 22.6. The second-order valence-corrected chi connectivity index (χ2v) is 9.76. The van der Waals surface area contributed by atoms with E-state index in [0.717, 1.165) is 37.1 Å². The second kappa shape index (κ2) is 10.3. The topological polar surface area (TPSA) is 87.6 Å². The van der Waals surface area contributed by atoms with Gasteiger partial charge in [0.25, 0.3) is 6.23 Å². The molecular formula is C19H27BrN4O4S. The van der Waals surface area contributed by atoms with E-state index in [9.17, 15) is 10.0 Å². The Morgan fingerprint density at radius 3 is 3.10 bits per heavy atom. The summed E-state index contributed by atoms with van der Waals surface area (Å²) in [6.45, 7) is 3.34. The largest absolute Gasteiger partial charge is 0.622 e. The van der Waals surface area contributed by atoms with E-state index in [2.05, 4.69) is 39.0 Å². The number of aryl methyl sites for hydroxylation is 1. The van der Waals surface area contributed by atoms with Crippen LogP contribution in [0.4, 0.5) is 5.13 Å². The molecule has 0 N–H and O–H groups in total. The van der Waals surface area contributed by atoms with Gasteiger partial charge in [-0.15, -0.1) is 11.5 Å². The lowest BCUT2D eigenvalue weighted by Crippen LogP contribution is -2.51. The zero-order valence-electron chi connectivity index (χ0n) is 16.6. The van der Waals surface area contributed by atoms with E-state index in [1.807, 2.05) is 0 Å². The molecule has 2 fully saturated rings. The van der Waals surface area contributed by atoms with E-state index < -0.39 is 22.9 Å². The van der Waals surface area contributed by atoms with Crippen LogP contribution in [0.15, 0.2) is 0 Å². The van der Waals surface area contributed by atoms with Crippen LogP contribution in [0.3, 0.4) is 0 Å². The molecule has 10 heteroatoms. The van der Waals surface area contributed by atoms with Crippen LogP contribution in [0.25, 0.3) is 0 Å². The van der Waals surface area contributed by atoms with Crippen LogP contribution >= 0.6 is 27.3 Å². The summed E-state index contributed by atoms with van der Waals surface area (Å²) in [5, 5.41) is 23.2. The highest BCUT2D eigenvalue weighted by Gasteiger charge is 2.47. The minimum atomic E-state index is -0.923. The van der Waals surface area contributed by atoms with Gasteiger partial charge in [-0.2, -0.15) is 0 Å². The van der Waals surface area contributed by atoms with Crippen molar-refractivity contribution in [2.75, 3.05) is 26.4 Å². The summed E-state index contributed by atoms with van der Waals surface area (Å²) < 4.78 is 10.1. The van der Waals surface area contributed by atoms with Crippen LogP contribution in [0.5, 0.6) is 0 Å². The number of terminal acetylenes is 1. The van der Waals surface area contributed by atoms with Crippen molar-refractivity contribution < 1.29 is 14.3 Å². The van der Waals surface area contributed by atoms with Gasteiger partial charge in [-0.1, -0.05) is 33.9 Å². The highest BCUT2D eigenvalue weighted by molar-refractivity contribution is 9.09. The van der Waals surface area contributed by atoms with Crippen molar-refractivity contribution in [3.8, 4) is 12.3 Å². The zero-order chi connectivity index (χ0) is 20.9. The summed E-state index contributed by atoms with van der Waals surface area (Å²) in [7, 11) is 0. The Morgan fingerprint density at radius 1 is 1.59 bits per heavy atom. The van der Waals surface area contributed by atoms with Gasteiger partial charge in [0.15, 0.2) is 6.10 Å². The van der Waals surface area contributed by atoms with E-state index in [0.29, 0.717) is 29.5 Å². The smallest absolute Gasteiger partial charge is 0.339 e. The molecule has 0 spiro atoms. The second-order valence-electron chi connectivity index (χ2n) is 7.42. The molecule has 8 nitrogen and oxygen atoms in total. The predicted octanol–water partition coefficient (Wildman–Crippen LogP) is 2.79. The number of hydrogen-bond donors (Lipinski definition) is 0. The lowest BCUT2D eigenvalue weighted by molar-refractivity contribution is -0.164. The van der Waals surface area contributed by atoms with Crippen molar-refractivity contribution >= 4 is 38.4 Å². The van der Waals surface area contributed by atoms with Gasteiger partial charge in [0.05, 0.1) is 13.1 Å². The van der Waals surface area contributed by atoms with Gasteiger partial charge in [0.1, 0.15) is 11.7 Å². The first-order valence-corrected chi connectivity index (χ1v) is 11.7. The van der Waals surface area contributed by atoms with Crippen LogP contribution in [-0.4, -0.2) is 64.6 Å². The SMILES string of the molecule is C#CCN1CC(OC(=O)C2CCCO2)[N+]([O-])(c2nnc(CCCC(Br)CC)s2)C1. The Labute approximate surface area is 183 Å². The molecule has 0 bridgehead atoms. The lowest BCUT2D eigenvalue weighted by atomic mass is 10.2. The molecule has 2 aliphatic rings. The van der Waals surface area contributed by atoms with Gasteiger partial charge in [-0.05, 0) is 43.4 Å². The van der Waals surface area contributed by atoms with Crippen LogP contribution < -0.4 is 4.65 Å². The number of esters is 1. The Bertz CT molecular complexity index is 736. The average molecular weight is 487 g/mol. The third-order valence-corrected chi connectivity index (χ3v) is 7.38. The number of halogens is 1. The minimum absolute atomic E-state index is 0.0849. The number of quaternary nitrogens is 1. The number of hydrogen-bond acceptors (Lipinski definition) is 8. The van der Waals surface area contributed by atoms with E-state index in [4.69, 9.17) is 15.9 Å². The summed E-state index contributed by atoms with van der Waals surface area (Å²) in [5.74, 6) is 2.07. The van der Waals surface area contributed by atoms with Crippen molar-refractivity contribution in [1.29, 1.82) is 0 Å². The first-order chi connectivity index (χ1) is 14.0. The van der Waals surface area contributed by atoms with Gasteiger partial charge in [0.2, 0.25) is 0 Å². The summed E-state index contributed by atoms with van der Waals surface area (Å²) in [6, 6.07) is 0. The monoisotopic (exact) mass is 486 g/mol. The van der Waals surface area contributed by atoms with Crippen LogP contribution in [0.2, 0.25) is 0 Å². The maximum absolute atomic E-state index is 13.7. The Morgan fingerprint density at radius 2 is 2.41 bits per heavy atom. The van der Waals surface area contributed by atoms with Gasteiger partial charge in [-0.25, -0.2) is 9.69 Å². The fraction of sp³-hybridized carbons (Fsp3) is 0.737. The van der Waals surface area contributed by atoms with E-state index in [-0.39, 0.29) is 13.2 Å². The van der Waals surface area contributed by atoms with Gasteiger partial charge in [0, 0.05) is 17.9 Å². The number of carbonyl (C=O) groups excluding carboxylic acids is 1. The van der Waals surface area contributed by atoms with Crippen molar-refractivity contribution in [2.24, 2.45) is 0 Å². The van der Waals surface area contributed by atoms with Crippen LogP contribution in [0, 0.1) is 17.6 Å². The van der Waals surface area contributed by atoms with Crippen molar-refractivity contribution in [2.45, 2.75) is 62.6 Å². The molecule has 160 valence electrons. The molecule has 29 heavy (non-hydrogen) atoms. The Kier molecular flexibility index (Phi) is 8.01. The number of carbonyl (C=O) groups is 1. The molecule has 1 aromatic rings. The minimum Gasteiger partial charge on any atom is -0.622 e. The number of nitrogens with zero attached hydrogens (tertiary/aromatic N) is 4. The summed E-state index contributed by atoms with van der Waals surface area (Å²) in [4.78, 5) is 14.7. The summed E-state index contributed by atoms with van der Waals surface area (Å²) >= 11 is 4.92. The molecule has 0 aliphatic carbocycles. The summed E-state index contributed by atoms with van der Waals surface area (Å²) in [5.41, 5.74) is 0. The third kappa shape index (κ3) is 5.54. The standard InChI is InChI=1S/C19H27BrN4O4S/c1-3-10-23-12-17(28-18(25)15-8-6-11-27-15)24(26,13-23)19-22-21-16(29-19)9-5-7-14(20)4-2/h1,14-15,17H,4-13H2,2H3. The molecule has 0 saturated carbocycles. The zero-order valence-corrected chi connectivity index (χ0v) is 19.0. The molecule has 3 heterocycles. The van der Waals surface area contributed by atoms with Crippen LogP contribution in [0.1, 0.15) is 44.0 Å². The number of rotatable bonds is 9. The van der Waals surface area contributed by atoms with Crippen molar-refractivity contribution in [3.05, 3.63) is 10.2 Å². The highest BCUT2D eigenvalue weighted by Crippen LogP contribution is 2.35. The van der Waals surface area contributed by atoms with Crippen molar-refractivity contribution in [3.63, 3.8) is 0 Å². The van der Waals surface area contributed by atoms with Gasteiger partial charge >= 0.3 is 11.1 Å².